The van der Waals surface area contributed by atoms with E-state index in [0.717, 1.165) is 76.3 Å². The van der Waals surface area contributed by atoms with Crippen molar-refractivity contribution in [3.8, 4) is 0 Å². The van der Waals surface area contributed by atoms with E-state index in [2.05, 4.69) is 97.5 Å². The number of aryl methyl sites for hydroxylation is 1. The molecule has 0 aliphatic carbocycles. The van der Waals surface area contributed by atoms with Crippen LogP contribution in [0.15, 0.2) is 95.5 Å². The maximum Gasteiger partial charge on any atom is 0.407 e. The summed E-state index contributed by atoms with van der Waals surface area (Å²) in [6.07, 6.45) is 14.1. The number of piperidine rings is 1. The van der Waals surface area contributed by atoms with Crippen molar-refractivity contribution in [1.82, 2.24) is 29.5 Å². The van der Waals surface area contributed by atoms with Gasteiger partial charge in [-0.3, -0.25) is 4.68 Å². The van der Waals surface area contributed by atoms with Crippen molar-refractivity contribution in [2.75, 3.05) is 44.7 Å². The number of amides is 1. The number of hydrogen-bond acceptors (Lipinski definition) is 7. The van der Waals surface area contributed by atoms with Crippen LogP contribution in [0.2, 0.25) is 0 Å². The predicted molar refractivity (Wildman–Crippen MR) is 188 cm³/mol. The fourth-order valence-electron chi connectivity index (χ4n) is 7.66. The van der Waals surface area contributed by atoms with Gasteiger partial charge in [0, 0.05) is 80.8 Å². The lowest BCUT2D eigenvalue weighted by molar-refractivity contribution is 0.0359. The Balaban J connectivity index is 1.09. The molecule has 2 aliphatic rings. The molecule has 1 amide bonds. The summed E-state index contributed by atoms with van der Waals surface area (Å²) in [7, 11) is 3.59. The second-order valence-electron chi connectivity index (χ2n) is 13.3. The number of ether oxygens (including phenoxy) is 1. The first kappa shape index (κ1) is 33.2. The van der Waals surface area contributed by atoms with E-state index in [1.54, 1.807) is 18.8 Å². The van der Waals surface area contributed by atoms with Gasteiger partial charge in [-0.25, -0.2) is 9.78 Å². The van der Waals surface area contributed by atoms with E-state index in [0.29, 0.717) is 11.8 Å². The normalized spacial score (nSPS) is 18.0. The van der Waals surface area contributed by atoms with Crippen molar-refractivity contribution in [1.29, 1.82) is 0 Å². The Morgan fingerprint density at radius 3 is 2.49 bits per heavy atom. The summed E-state index contributed by atoms with van der Waals surface area (Å²) in [5, 5.41) is 6.95. The third-order valence-electron chi connectivity index (χ3n) is 10.0. The van der Waals surface area contributed by atoms with Gasteiger partial charge in [-0.1, -0.05) is 55.4 Å². The quantitative estimate of drug-likeness (QED) is 0.167. The zero-order valence-electron chi connectivity index (χ0n) is 28.0. The van der Waals surface area contributed by atoms with E-state index in [1.165, 1.54) is 16.1 Å². The smallest absolute Gasteiger partial charge is 0.407 e. The Bertz CT molecular complexity index is 1530. The highest BCUT2D eigenvalue weighted by Gasteiger charge is 2.44. The number of nitrogens with zero attached hydrogens (tertiary/aromatic N) is 6. The SMILES string of the molecule is CCCC(CC(Cn1ccnc1)(c1ccccc1)C1CCN(CC2CN(c3ccc(Sc4cnn(C)c4)cc3)C2)CC1)OC(=O)NC. The minimum absolute atomic E-state index is 0.161. The molecule has 6 rings (SSSR count). The first-order valence-corrected chi connectivity index (χ1v) is 17.9. The summed E-state index contributed by atoms with van der Waals surface area (Å²) >= 11 is 1.75. The summed E-state index contributed by atoms with van der Waals surface area (Å²) in [4.78, 5) is 24.4. The lowest BCUT2D eigenvalue weighted by Crippen LogP contribution is -2.54. The average molecular weight is 656 g/mol. The van der Waals surface area contributed by atoms with E-state index in [-0.39, 0.29) is 17.6 Å². The summed E-state index contributed by atoms with van der Waals surface area (Å²) in [5.74, 6) is 1.15. The second-order valence-corrected chi connectivity index (χ2v) is 14.5. The number of alkyl carbamates (subject to hydrolysis) is 1. The zero-order chi connectivity index (χ0) is 32.6. The molecule has 2 fully saturated rings. The largest absolute Gasteiger partial charge is 0.446 e. The number of nitrogens with one attached hydrogen (secondary N) is 1. The Morgan fingerprint density at radius 2 is 1.85 bits per heavy atom. The van der Waals surface area contributed by atoms with Gasteiger partial charge >= 0.3 is 6.09 Å². The topological polar surface area (TPSA) is 80.5 Å². The van der Waals surface area contributed by atoms with Crippen molar-refractivity contribution in [3.05, 3.63) is 91.3 Å². The minimum atomic E-state index is -0.350. The molecule has 2 aromatic heterocycles. The molecule has 2 aliphatic heterocycles. The van der Waals surface area contributed by atoms with E-state index < -0.39 is 0 Å². The van der Waals surface area contributed by atoms with Gasteiger partial charge in [-0.05, 0) is 74.5 Å². The molecule has 2 aromatic carbocycles. The van der Waals surface area contributed by atoms with Crippen LogP contribution in [0.25, 0.3) is 0 Å². The zero-order valence-corrected chi connectivity index (χ0v) is 28.8. The molecule has 2 unspecified atom stereocenters. The first-order chi connectivity index (χ1) is 22.9. The number of carbonyl (C=O) groups excluding carboxylic acids is 1. The molecule has 9 nitrogen and oxygen atoms in total. The number of rotatable bonds is 14. The van der Waals surface area contributed by atoms with Crippen molar-refractivity contribution in [3.63, 3.8) is 0 Å². The highest BCUT2D eigenvalue weighted by atomic mass is 32.2. The third-order valence-corrected chi connectivity index (χ3v) is 11.0. The first-order valence-electron chi connectivity index (χ1n) is 17.1. The van der Waals surface area contributed by atoms with Gasteiger partial charge in [0.1, 0.15) is 6.10 Å². The van der Waals surface area contributed by atoms with Crippen LogP contribution in [0.3, 0.4) is 0 Å². The Labute approximate surface area is 283 Å². The number of likely N-dealkylation sites (tertiary alicyclic amines) is 1. The fourth-order valence-corrected chi connectivity index (χ4v) is 8.51. The van der Waals surface area contributed by atoms with E-state index in [9.17, 15) is 4.79 Å². The van der Waals surface area contributed by atoms with Crippen LogP contribution >= 0.6 is 11.8 Å². The van der Waals surface area contributed by atoms with Crippen LogP contribution in [0.1, 0.15) is 44.6 Å². The predicted octanol–water partition coefficient (Wildman–Crippen LogP) is 6.47. The molecule has 4 heterocycles. The molecule has 2 saturated heterocycles. The summed E-state index contributed by atoms with van der Waals surface area (Å²) in [5.41, 5.74) is 2.45. The van der Waals surface area contributed by atoms with Gasteiger partial charge in [0.25, 0.3) is 0 Å². The maximum absolute atomic E-state index is 12.4. The van der Waals surface area contributed by atoms with Crippen molar-refractivity contribution in [2.24, 2.45) is 18.9 Å². The lowest BCUT2D eigenvalue weighted by atomic mass is 9.63. The van der Waals surface area contributed by atoms with Crippen molar-refractivity contribution < 1.29 is 9.53 Å². The van der Waals surface area contributed by atoms with Crippen LogP contribution in [0.5, 0.6) is 0 Å². The number of hydrogen-bond donors (Lipinski definition) is 1. The van der Waals surface area contributed by atoms with Crippen LogP contribution in [-0.2, 0) is 23.7 Å². The summed E-state index contributed by atoms with van der Waals surface area (Å²) < 4.78 is 10.1. The molecule has 0 saturated carbocycles. The molecule has 4 aromatic rings. The average Bonchev–Trinajstić information content (AvgIpc) is 3.74. The van der Waals surface area contributed by atoms with E-state index in [4.69, 9.17) is 4.74 Å². The number of imidazole rings is 1. The number of anilines is 1. The monoisotopic (exact) mass is 655 g/mol. The molecule has 47 heavy (non-hydrogen) atoms. The van der Waals surface area contributed by atoms with E-state index >= 15 is 0 Å². The highest BCUT2D eigenvalue weighted by Crippen LogP contribution is 2.45. The van der Waals surface area contributed by atoms with Crippen LogP contribution < -0.4 is 10.2 Å². The molecular formula is C37H49N7O2S. The van der Waals surface area contributed by atoms with Crippen molar-refractivity contribution >= 4 is 23.5 Å². The second kappa shape index (κ2) is 15.4. The summed E-state index contributed by atoms with van der Waals surface area (Å²) in [6.45, 7) is 8.53. The molecule has 0 radical (unpaired) electrons. The van der Waals surface area contributed by atoms with Gasteiger partial charge in [0.15, 0.2) is 0 Å². The number of aromatic nitrogens is 4. The fraction of sp³-hybridized carbons (Fsp3) is 0.486. The molecule has 0 bridgehead atoms. The third kappa shape index (κ3) is 8.22. The molecule has 250 valence electrons. The molecular weight excluding hydrogens is 607 g/mol. The summed E-state index contributed by atoms with van der Waals surface area (Å²) in [6, 6.07) is 19.9. The van der Waals surface area contributed by atoms with Gasteiger partial charge in [-0.2, -0.15) is 5.10 Å². The van der Waals surface area contributed by atoms with Crippen molar-refractivity contribution in [2.45, 2.75) is 66.9 Å². The maximum atomic E-state index is 12.4. The molecule has 1 N–H and O–H groups in total. The van der Waals surface area contributed by atoms with Crippen LogP contribution in [0.4, 0.5) is 10.5 Å². The Hall–Kier alpha value is -3.76. The Kier molecular flexibility index (Phi) is 10.9. The number of carbonyl (C=O) groups is 1. The van der Waals surface area contributed by atoms with Gasteiger partial charge in [0.05, 0.1) is 17.4 Å². The molecule has 2 atom stereocenters. The van der Waals surface area contributed by atoms with Crippen LogP contribution in [0, 0.1) is 11.8 Å². The Morgan fingerprint density at radius 1 is 1.09 bits per heavy atom. The molecule has 0 spiro atoms. The number of benzene rings is 2. The highest BCUT2D eigenvalue weighted by molar-refractivity contribution is 7.99. The standard InChI is InChI=1S/C37H49N7O2S/c1-4-8-33(46-36(45)38-2)21-37(27-43-20-17-39-28-43,30-9-6-5-7-10-30)31-15-18-42(19-16-31)23-29-24-44(25-29)32-11-13-34(14-12-32)47-35-22-40-41(3)26-35/h5-7,9-14,17,20,22,26,28-29,31,33H,4,8,15-16,18-19,21,23-25,27H2,1-3H3,(H,38,45). The minimum Gasteiger partial charge on any atom is -0.446 e. The lowest BCUT2D eigenvalue weighted by Gasteiger charge is -2.48. The molecule has 10 heteroatoms. The van der Waals surface area contributed by atoms with Gasteiger partial charge in [-0.15, -0.1) is 0 Å². The van der Waals surface area contributed by atoms with Crippen LogP contribution in [-0.4, -0.2) is 76.2 Å². The van der Waals surface area contributed by atoms with Gasteiger partial charge < -0.3 is 24.4 Å². The van der Waals surface area contributed by atoms with Gasteiger partial charge in [0.2, 0.25) is 0 Å². The van der Waals surface area contributed by atoms with E-state index in [1.807, 2.05) is 36.6 Å².